The number of benzene rings is 1. The van der Waals surface area contributed by atoms with Crippen LogP contribution in [0.25, 0.3) is 0 Å². The lowest BCUT2D eigenvalue weighted by atomic mass is 10.1. The first-order valence-corrected chi connectivity index (χ1v) is 5.27. The van der Waals surface area contributed by atoms with Crippen molar-refractivity contribution in [2.24, 2.45) is 0 Å². The third-order valence-corrected chi connectivity index (χ3v) is 2.44. The van der Waals surface area contributed by atoms with E-state index in [0.717, 1.165) is 16.9 Å². The molecule has 0 aliphatic rings. The Hall–Kier alpha value is -1.70. The van der Waals surface area contributed by atoms with Gasteiger partial charge < -0.3 is 9.52 Å². The summed E-state index contributed by atoms with van der Waals surface area (Å²) >= 11 is 0. The molecule has 0 saturated carbocycles. The number of aryl methyl sites for hydroxylation is 3. The van der Waals surface area contributed by atoms with E-state index in [1.165, 1.54) is 5.56 Å². The van der Waals surface area contributed by atoms with Crippen molar-refractivity contribution in [2.75, 3.05) is 0 Å². The summed E-state index contributed by atoms with van der Waals surface area (Å²) in [5.41, 5.74) is 3.30. The van der Waals surface area contributed by atoms with E-state index in [1.807, 2.05) is 45.9 Å². The van der Waals surface area contributed by atoms with Gasteiger partial charge in [-0.2, -0.15) is 0 Å². The number of hydrogen-bond acceptors (Lipinski definition) is 2. The lowest BCUT2D eigenvalue weighted by Gasteiger charge is -1.99. The maximum atomic E-state index is 9.10. The second-order valence-electron chi connectivity index (χ2n) is 3.95. The Labute approximate surface area is 96.5 Å². The SMILES string of the molecule is Cc1cccc(O)c1C.Cc1coc(C)c1. The molecule has 0 saturated heterocycles. The van der Waals surface area contributed by atoms with Crippen LogP contribution in [0.2, 0.25) is 0 Å². The predicted octanol–water partition coefficient (Wildman–Crippen LogP) is 3.91. The molecule has 1 aromatic heterocycles. The number of phenols is 1. The molecular formula is C14H18O2. The van der Waals surface area contributed by atoms with Crippen molar-refractivity contribution in [1.29, 1.82) is 0 Å². The second-order valence-corrected chi connectivity index (χ2v) is 3.95. The maximum Gasteiger partial charge on any atom is 0.118 e. The van der Waals surface area contributed by atoms with Gasteiger partial charge in [0.15, 0.2) is 0 Å². The number of aromatic hydroxyl groups is 1. The second kappa shape index (κ2) is 5.40. The normalized spacial score (nSPS) is 9.50. The van der Waals surface area contributed by atoms with Gasteiger partial charge in [-0.25, -0.2) is 0 Å². The van der Waals surface area contributed by atoms with E-state index in [2.05, 4.69) is 0 Å². The molecule has 0 atom stereocenters. The quantitative estimate of drug-likeness (QED) is 0.727. The van der Waals surface area contributed by atoms with Crippen LogP contribution in [0.4, 0.5) is 0 Å². The van der Waals surface area contributed by atoms with Gasteiger partial charge in [0.05, 0.1) is 6.26 Å². The van der Waals surface area contributed by atoms with E-state index >= 15 is 0 Å². The highest BCUT2D eigenvalue weighted by atomic mass is 16.3. The fourth-order valence-electron chi connectivity index (χ4n) is 1.31. The molecule has 2 nitrogen and oxygen atoms in total. The number of phenolic OH excluding ortho intramolecular Hbond substituents is 1. The zero-order valence-corrected chi connectivity index (χ0v) is 10.2. The van der Waals surface area contributed by atoms with Crippen LogP contribution in [0, 0.1) is 27.7 Å². The maximum absolute atomic E-state index is 9.10. The summed E-state index contributed by atoms with van der Waals surface area (Å²) in [6.45, 7) is 7.84. The average molecular weight is 218 g/mol. The lowest BCUT2D eigenvalue weighted by molar-refractivity contribution is 0.470. The highest BCUT2D eigenvalue weighted by Gasteiger charge is 1.94. The van der Waals surface area contributed by atoms with Crippen LogP contribution >= 0.6 is 0 Å². The third kappa shape index (κ3) is 3.46. The van der Waals surface area contributed by atoms with E-state index in [4.69, 9.17) is 9.52 Å². The van der Waals surface area contributed by atoms with Gasteiger partial charge in [0, 0.05) is 0 Å². The summed E-state index contributed by atoms with van der Waals surface area (Å²) in [4.78, 5) is 0. The molecule has 86 valence electrons. The van der Waals surface area contributed by atoms with Gasteiger partial charge in [0.2, 0.25) is 0 Å². The number of furan rings is 1. The van der Waals surface area contributed by atoms with E-state index in [-0.39, 0.29) is 0 Å². The molecule has 2 aromatic rings. The van der Waals surface area contributed by atoms with Crippen LogP contribution in [0.5, 0.6) is 5.75 Å². The molecule has 2 heteroatoms. The Balaban J connectivity index is 0.000000165. The smallest absolute Gasteiger partial charge is 0.118 e. The lowest BCUT2D eigenvalue weighted by Crippen LogP contribution is -1.78. The Kier molecular flexibility index (Phi) is 4.18. The zero-order valence-electron chi connectivity index (χ0n) is 10.2. The van der Waals surface area contributed by atoms with Crippen LogP contribution in [0.3, 0.4) is 0 Å². The molecule has 0 aliphatic carbocycles. The summed E-state index contributed by atoms with van der Waals surface area (Å²) < 4.78 is 4.96. The van der Waals surface area contributed by atoms with Crippen LogP contribution in [0.15, 0.2) is 34.9 Å². The monoisotopic (exact) mass is 218 g/mol. The molecule has 0 unspecified atom stereocenters. The van der Waals surface area contributed by atoms with Gasteiger partial charge in [0.1, 0.15) is 11.5 Å². The minimum Gasteiger partial charge on any atom is -0.508 e. The Morgan fingerprint density at radius 1 is 1.06 bits per heavy atom. The first kappa shape index (κ1) is 12.4. The van der Waals surface area contributed by atoms with Crippen molar-refractivity contribution in [3.63, 3.8) is 0 Å². The standard InChI is InChI=1S/C8H10O.C6H8O/c1-6-4-3-5-8(9)7(6)2;1-5-3-6(2)7-4-5/h3-5,9H,1-2H3;3-4H,1-2H3. The van der Waals surface area contributed by atoms with Gasteiger partial charge >= 0.3 is 0 Å². The molecule has 1 heterocycles. The number of rotatable bonds is 0. The van der Waals surface area contributed by atoms with Crippen LogP contribution in [-0.4, -0.2) is 5.11 Å². The van der Waals surface area contributed by atoms with E-state index < -0.39 is 0 Å². The van der Waals surface area contributed by atoms with Crippen molar-refractivity contribution in [2.45, 2.75) is 27.7 Å². The summed E-state index contributed by atoms with van der Waals surface area (Å²) in [5.74, 6) is 1.37. The Bertz CT molecular complexity index is 419. The molecule has 2 rings (SSSR count). The first-order valence-electron chi connectivity index (χ1n) is 5.27. The van der Waals surface area contributed by atoms with Gasteiger partial charge in [-0.15, -0.1) is 0 Å². The van der Waals surface area contributed by atoms with E-state index in [9.17, 15) is 0 Å². The van der Waals surface area contributed by atoms with Gasteiger partial charge in [-0.1, -0.05) is 12.1 Å². The van der Waals surface area contributed by atoms with Gasteiger partial charge in [0.25, 0.3) is 0 Å². The van der Waals surface area contributed by atoms with Crippen LogP contribution < -0.4 is 0 Å². The largest absolute Gasteiger partial charge is 0.508 e. The molecule has 0 fully saturated rings. The molecule has 1 N–H and O–H groups in total. The molecule has 0 aliphatic heterocycles. The highest BCUT2D eigenvalue weighted by Crippen LogP contribution is 2.17. The summed E-state index contributed by atoms with van der Waals surface area (Å²) in [6, 6.07) is 7.52. The molecular weight excluding hydrogens is 200 g/mol. The third-order valence-electron chi connectivity index (χ3n) is 2.44. The van der Waals surface area contributed by atoms with Crippen molar-refractivity contribution in [3.8, 4) is 5.75 Å². The van der Waals surface area contributed by atoms with Crippen LogP contribution in [0.1, 0.15) is 22.5 Å². The Morgan fingerprint density at radius 3 is 2.06 bits per heavy atom. The van der Waals surface area contributed by atoms with Gasteiger partial charge in [-0.3, -0.25) is 0 Å². The van der Waals surface area contributed by atoms with Gasteiger partial charge in [-0.05, 0) is 56.5 Å². The molecule has 0 bridgehead atoms. The van der Waals surface area contributed by atoms with Crippen molar-refractivity contribution in [1.82, 2.24) is 0 Å². The fourth-order valence-corrected chi connectivity index (χ4v) is 1.31. The minimum atomic E-state index is 0.384. The van der Waals surface area contributed by atoms with E-state index in [1.54, 1.807) is 12.3 Å². The first-order chi connectivity index (χ1) is 7.50. The predicted molar refractivity (Wildman–Crippen MR) is 65.8 cm³/mol. The van der Waals surface area contributed by atoms with E-state index in [0.29, 0.717) is 5.75 Å². The molecule has 0 amide bonds. The zero-order chi connectivity index (χ0) is 12.1. The number of hydrogen-bond donors (Lipinski definition) is 1. The molecule has 16 heavy (non-hydrogen) atoms. The average Bonchev–Trinajstić information content (AvgIpc) is 2.60. The summed E-state index contributed by atoms with van der Waals surface area (Å²) in [5, 5.41) is 9.10. The van der Waals surface area contributed by atoms with Crippen molar-refractivity contribution < 1.29 is 9.52 Å². The highest BCUT2D eigenvalue weighted by molar-refractivity contribution is 5.36. The summed E-state index contributed by atoms with van der Waals surface area (Å²) in [6.07, 6.45) is 1.75. The summed E-state index contributed by atoms with van der Waals surface area (Å²) in [7, 11) is 0. The minimum absolute atomic E-state index is 0.384. The van der Waals surface area contributed by atoms with Crippen molar-refractivity contribution in [3.05, 3.63) is 53.0 Å². The molecule has 0 radical (unpaired) electrons. The van der Waals surface area contributed by atoms with Crippen molar-refractivity contribution >= 4 is 0 Å². The Morgan fingerprint density at radius 2 is 1.75 bits per heavy atom. The topological polar surface area (TPSA) is 33.4 Å². The molecule has 1 aromatic carbocycles. The molecule has 0 spiro atoms. The fraction of sp³-hybridized carbons (Fsp3) is 0.286. The van der Waals surface area contributed by atoms with Crippen LogP contribution in [-0.2, 0) is 0 Å².